The molecular weight excluding hydrogens is 250 g/mol. The van der Waals surface area contributed by atoms with Gasteiger partial charge in [0.25, 0.3) is 5.91 Å². The van der Waals surface area contributed by atoms with Gasteiger partial charge in [-0.3, -0.25) is 4.79 Å². The van der Waals surface area contributed by atoms with Crippen molar-refractivity contribution in [1.29, 1.82) is 0 Å². The minimum absolute atomic E-state index is 0.0528. The molecule has 2 N–H and O–H groups in total. The zero-order valence-electron chi connectivity index (χ0n) is 12.5. The van der Waals surface area contributed by atoms with Gasteiger partial charge < -0.3 is 15.5 Å². The third kappa shape index (κ3) is 3.81. The molecule has 0 aliphatic carbocycles. The summed E-state index contributed by atoms with van der Waals surface area (Å²) in [7, 11) is 4.06. The van der Waals surface area contributed by atoms with E-state index in [0.29, 0.717) is 6.04 Å². The molecule has 20 heavy (non-hydrogen) atoms. The molecule has 1 saturated heterocycles. The minimum Gasteiger partial charge on any atom is -0.350 e. The highest BCUT2D eigenvalue weighted by atomic mass is 16.1. The largest absolute Gasteiger partial charge is 0.350 e. The fraction of sp³-hybridized carbons (Fsp3) is 0.562. The SMILES string of the molecule is CNCCc1ccccc1C(=O)NCC1CCCN1C. The molecule has 1 unspecified atom stereocenters. The molecule has 1 aromatic rings. The molecule has 0 saturated carbocycles. The van der Waals surface area contributed by atoms with E-state index in [2.05, 4.69) is 22.6 Å². The fourth-order valence-electron chi connectivity index (χ4n) is 2.76. The summed E-state index contributed by atoms with van der Waals surface area (Å²) in [5.74, 6) is 0.0528. The Morgan fingerprint density at radius 2 is 2.20 bits per heavy atom. The average molecular weight is 275 g/mol. The summed E-state index contributed by atoms with van der Waals surface area (Å²) in [6, 6.07) is 8.36. The predicted octanol–water partition coefficient (Wildman–Crippen LogP) is 1.27. The van der Waals surface area contributed by atoms with Crippen molar-refractivity contribution in [2.75, 3.05) is 33.7 Å². The molecule has 4 nitrogen and oxygen atoms in total. The Morgan fingerprint density at radius 3 is 2.90 bits per heavy atom. The van der Waals surface area contributed by atoms with Gasteiger partial charge in [-0.05, 0) is 58.1 Å². The van der Waals surface area contributed by atoms with Crippen LogP contribution in [-0.2, 0) is 6.42 Å². The Balaban J connectivity index is 1.94. The van der Waals surface area contributed by atoms with Gasteiger partial charge in [-0.25, -0.2) is 0 Å². The van der Waals surface area contributed by atoms with Crippen LogP contribution in [0.4, 0.5) is 0 Å². The first-order valence-corrected chi connectivity index (χ1v) is 7.43. The Labute approximate surface area is 121 Å². The minimum atomic E-state index is 0.0528. The lowest BCUT2D eigenvalue weighted by Crippen LogP contribution is -2.38. The highest BCUT2D eigenvalue weighted by Gasteiger charge is 2.21. The van der Waals surface area contributed by atoms with Crippen LogP contribution in [0.5, 0.6) is 0 Å². The van der Waals surface area contributed by atoms with Crippen molar-refractivity contribution in [2.24, 2.45) is 0 Å². The molecule has 0 radical (unpaired) electrons. The number of likely N-dealkylation sites (N-methyl/N-ethyl adjacent to an activating group) is 2. The number of hydrogen-bond donors (Lipinski definition) is 2. The van der Waals surface area contributed by atoms with Crippen molar-refractivity contribution in [3.05, 3.63) is 35.4 Å². The smallest absolute Gasteiger partial charge is 0.251 e. The van der Waals surface area contributed by atoms with E-state index in [1.807, 2.05) is 31.3 Å². The van der Waals surface area contributed by atoms with Crippen LogP contribution in [0.25, 0.3) is 0 Å². The maximum Gasteiger partial charge on any atom is 0.251 e. The predicted molar refractivity (Wildman–Crippen MR) is 82.1 cm³/mol. The molecule has 0 bridgehead atoms. The van der Waals surface area contributed by atoms with Gasteiger partial charge in [-0.1, -0.05) is 18.2 Å². The summed E-state index contributed by atoms with van der Waals surface area (Å²) < 4.78 is 0. The van der Waals surface area contributed by atoms with E-state index in [0.717, 1.165) is 37.2 Å². The molecule has 0 spiro atoms. The molecule has 4 heteroatoms. The third-order valence-electron chi connectivity index (χ3n) is 4.08. The van der Waals surface area contributed by atoms with Gasteiger partial charge in [-0.2, -0.15) is 0 Å². The molecule has 1 fully saturated rings. The van der Waals surface area contributed by atoms with E-state index in [-0.39, 0.29) is 5.91 Å². The van der Waals surface area contributed by atoms with E-state index >= 15 is 0 Å². The fourth-order valence-corrected chi connectivity index (χ4v) is 2.76. The van der Waals surface area contributed by atoms with Gasteiger partial charge in [-0.15, -0.1) is 0 Å². The maximum atomic E-state index is 12.3. The summed E-state index contributed by atoms with van der Waals surface area (Å²) in [4.78, 5) is 14.7. The van der Waals surface area contributed by atoms with Crippen LogP contribution in [-0.4, -0.2) is 50.6 Å². The molecule has 1 aliphatic heterocycles. The van der Waals surface area contributed by atoms with Gasteiger partial charge >= 0.3 is 0 Å². The number of rotatable bonds is 6. The highest BCUT2D eigenvalue weighted by Crippen LogP contribution is 2.14. The summed E-state index contributed by atoms with van der Waals surface area (Å²) in [5, 5.41) is 6.21. The van der Waals surface area contributed by atoms with Crippen LogP contribution in [0.2, 0.25) is 0 Å². The van der Waals surface area contributed by atoms with Crippen LogP contribution >= 0.6 is 0 Å². The maximum absolute atomic E-state index is 12.3. The van der Waals surface area contributed by atoms with Crippen LogP contribution in [0, 0.1) is 0 Å². The van der Waals surface area contributed by atoms with Crippen molar-refractivity contribution in [2.45, 2.75) is 25.3 Å². The van der Waals surface area contributed by atoms with Gasteiger partial charge in [0.05, 0.1) is 0 Å². The number of hydrogen-bond acceptors (Lipinski definition) is 3. The number of benzene rings is 1. The second kappa shape index (κ2) is 7.41. The topological polar surface area (TPSA) is 44.4 Å². The zero-order valence-corrected chi connectivity index (χ0v) is 12.5. The highest BCUT2D eigenvalue weighted by molar-refractivity contribution is 5.95. The number of nitrogens with one attached hydrogen (secondary N) is 2. The quantitative estimate of drug-likeness (QED) is 0.822. The normalized spacial score (nSPS) is 19.2. The number of likely N-dealkylation sites (tertiary alicyclic amines) is 1. The third-order valence-corrected chi connectivity index (χ3v) is 4.08. The number of nitrogens with zero attached hydrogens (tertiary/aromatic N) is 1. The van der Waals surface area contributed by atoms with Crippen molar-refractivity contribution in [3.63, 3.8) is 0 Å². The van der Waals surface area contributed by atoms with Gasteiger partial charge in [0.2, 0.25) is 0 Å². The summed E-state index contributed by atoms with van der Waals surface area (Å²) in [6.07, 6.45) is 3.29. The van der Waals surface area contributed by atoms with Crippen LogP contribution in [0.1, 0.15) is 28.8 Å². The first kappa shape index (κ1) is 15.0. The lowest BCUT2D eigenvalue weighted by Gasteiger charge is -2.20. The lowest BCUT2D eigenvalue weighted by atomic mass is 10.0. The van der Waals surface area contributed by atoms with Crippen molar-refractivity contribution >= 4 is 5.91 Å². The van der Waals surface area contributed by atoms with Crippen LogP contribution in [0.15, 0.2) is 24.3 Å². The first-order valence-electron chi connectivity index (χ1n) is 7.43. The molecule has 1 atom stereocenters. The summed E-state index contributed by atoms with van der Waals surface area (Å²) >= 11 is 0. The Kier molecular flexibility index (Phi) is 5.56. The second-order valence-electron chi connectivity index (χ2n) is 5.50. The van der Waals surface area contributed by atoms with E-state index in [1.54, 1.807) is 0 Å². The molecular formula is C16H25N3O. The average Bonchev–Trinajstić information content (AvgIpc) is 2.88. The Morgan fingerprint density at radius 1 is 1.40 bits per heavy atom. The first-order chi connectivity index (χ1) is 9.72. The Bertz CT molecular complexity index is 447. The van der Waals surface area contributed by atoms with Gasteiger partial charge in [0, 0.05) is 18.2 Å². The van der Waals surface area contributed by atoms with Gasteiger partial charge in [0.1, 0.15) is 0 Å². The summed E-state index contributed by atoms with van der Waals surface area (Å²) in [5.41, 5.74) is 1.92. The van der Waals surface area contributed by atoms with E-state index in [9.17, 15) is 4.79 Å². The van der Waals surface area contributed by atoms with Crippen LogP contribution < -0.4 is 10.6 Å². The monoisotopic (exact) mass is 275 g/mol. The molecule has 2 rings (SSSR count). The Hall–Kier alpha value is -1.39. The second-order valence-corrected chi connectivity index (χ2v) is 5.50. The number of amides is 1. The molecule has 1 heterocycles. The van der Waals surface area contributed by atoms with Crippen molar-refractivity contribution in [1.82, 2.24) is 15.5 Å². The molecule has 0 aromatic heterocycles. The van der Waals surface area contributed by atoms with E-state index in [4.69, 9.17) is 0 Å². The molecule has 1 amide bonds. The molecule has 1 aromatic carbocycles. The molecule has 1 aliphatic rings. The van der Waals surface area contributed by atoms with Crippen molar-refractivity contribution in [3.8, 4) is 0 Å². The van der Waals surface area contributed by atoms with Crippen molar-refractivity contribution < 1.29 is 4.79 Å². The van der Waals surface area contributed by atoms with E-state index < -0.39 is 0 Å². The summed E-state index contributed by atoms with van der Waals surface area (Å²) in [6.45, 7) is 2.77. The number of carbonyl (C=O) groups is 1. The molecule has 110 valence electrons. The zero-order chi connectivity index (χ0) is 14.4. The standard InChI is InChI=1S/C16H25N3O/c1-17-10-9-13-6-3-4-8-15(13)16(20)18-12-14-7-5-11-19(14)2/h3-4,6,8,14,17H,5,7,9-12H2,1-2H3,(H,18,20). The number of carbonyl (C=O) groups excluding carboxylic acids is 1. The van der Waals surface area contributed by atoms with E-state index in [1.165, 1.54) is 12.8 Å². The van der Waals surface area contributed by atoms with Crippen LogP contribution in [0.3, 0.4) is 0 Å². The lowest BCUT2D eigenvalue weighted by molar-refractivity contribution is 0.0942. The van der Waals surface area contributed by atoms with Gasteiger partial charge in [0.15, 0.2) is 0 Å².